The number of carbonyl (C=O) groups is 1. The Morgan fingerprint density at radius 3 is 2.64 bits per heavy atom. The zero-order chi connectivity index (χ0) is 8.32. The molecular formula is C9H15NO. The Kier molecular flexibility index (Phi) is 2.45. The molecule has 11 heavy (non-hydrogen) atoms. The maximum Gasteiger partial charge on any atom is 0.156 e. The van der Waals surface area contributed by atoms with E-state index in [1.54, 1.807) is 6.08 Å². The molecule has 0 unspecified atom stereocenters. The highest BCUT2D eigenvalue weighted by atomic mass is 16.1. The average molecular weight is 153 g/mol. The van der Waals surface area contributed by atoms with Crippen LogP contribution in [0.2, 0.25) is 0 Å². The normalized spacial score (nSPS) is 20.5. The topological polar surface area (TPSA) is 29.1 Å². The molecule has 0 aromatic rings. The third kappa shape index (κ3) is 1.36. The van der Waals surface area contributed by atoms with Crippen LogP contribution in [0.15, 0.2) is 12.7 Å². The molecule has 2 nitrogen and oxygen atoms in total. The van der Waals surface area contributed by atoms with Crippen LogP contribution in [0.4, 0.5) is 0 Å². The molecule has 0 heterocycles. The van der Waals surface area contributed by atoms with Gasteiger partial charge in [-0.3, -0.25) is 4.79 Å². The highest BCUT2D eigenvalue weighted by molar-refractivity contribution is 5.90. The van der Waals surface area contributed by atoms with Crippen molar-refractivity contribution in [1.82, 2.24) is 5.32 Å². The third-order valence-corrected chi connectivity index (χ3v) is 2.55. The lowest BCUT2D eigenvalue weighted by molar-refractivity contribution is -0.127. The van der Waals surface area contributed by atoms with Crippen LogP contribution in [0.5, 0.6) is 0 Å². The Morgan fingerprint density at radius 2 is 2.36 bits per heavy atom. The minimum Gasteiger partial charge on any atom is -0.308 e. The molecule has 1 rings (SSSR count). The van der Waals surface area contributed by atoms with Crippen LogP contribution in [-0.4, -0.2) is 18.4 Å². The van der Waals surface area contributed by atoms with E-state index in [1.165, 1.54) is 6.42 Å². The van der Waals surface area contributed by atoms with Crippen molar-refractivity contribution in [2.75, 3.05) is 7.05 Å². The Morgan fingerprint density at radius 1 is 1.73 bits per heavy atom. The van der Waals surface area contributed by atoms with Gasteiger partial charge in [0.2, 0.25) is 0 Å². The summed E-state index contributed by atoms with van der Waals surface area (Å²) in [5.74, 6) is 0.293. The SMILES string of the molecule is C=CCC(=O)C1(NC)CCC1. The van der Waals surface area contributed by atoms with Crippen molar-refractivity contribution < 1.29 is 4.79 Å². The highest BCUT2D eigenvalue weighted by Gasteiger charge is 2.41. The molecule has 0 amide bonds. The lowest BCUT2D eigenvalue weighted by atomic mass is 9.73. The summed E-state index contributed by atoms with van der Waals surface area (Å²) in [4.78, 5) is 11.4. The van der Waals surface area contributed by atoms with Gasteiger partial charge in [-0.25, -0.2) is 0 Å². The van der Waals surface area contributed by atoms with Crippen molar-refractivity contribution in [1.29, 1.82) is 0 Å². The zero-order valence-corrected chi connectivity index (χ0v) is 7.02. The van der Waals surface area contributed by atoms with Crippen LogP contribution in [0.25, 0.3) is 0 Å². The first-order valence-corrected chi connectivity index (χ1v) is 4.08. The number of Topliss-reactive ketones (excluding diaryl/α,β-unsaturated/α-hetero) is 1. The van der Waals surface area contributed by atoms with Crippen LogP contribution < -0.4 is 5.32 Å². The Labute approximate surface area is 67.7 Å². The van der Waals surface area contributed by atoms with Crippen molar-refractivity contribution in [3.05, 3.63) is 12.7 Å². The van der Waals surface area contributed by atoms with Gasteiger partial charge in [-0.2, -0.15) is 0 Å². The first kappa shape index (κ1) is 8.47. The van der Waals surface area contributed by atoms with Crippen LogP contribution in [0.1, 0.15) is 25.7 Å². The number of hydrogen-bond donors (Lipinski definition) is 1. The molecule has 62 valence electrons. The van der Waals surface area contributed by atoms with Crippen LogP contribution in [0, 0.1) is 0 Å². The van der Waals surface area contributed by atoms with Crippen LogP contribution in [0.3, 0.4) is 0 Å². The summed E-state index contributed by atoms with van der Waals surface area (Å²) in [7, 11) is 1.86. The van der Waals surface area contributed by atoms with Gasteiger partial charge in [0.05, 0.1) is 5.54 Å². The van der Waals surface area contributed by atoms with Gasteiger partial charge in [0.15, 0.2) is 5.78 Å². The smallest absolute Gasteiger partial charge is 0.156 e. The van der Waals surface area contributed by atoms with Crippen molar-refractivity contribution in [2.24, 2.45) is 0 Å². The molecule has 1 saturated carbocycles. The zero-order valence-electron chi connectivity index (χ0n) is 7.02. The molecule has 0 aromatic carbocycles. The summed E-state index contributed by atoms with van der Waals surface area (Å²) in [6.07, 6.45) is 5.34. The van der Waals surface area contributed by atoms with Gasteiger partial charge in [-0.05, 0) is 26.3 Å². The third-order valence-electron chi connectivity index (χ3n) is 2.55. The maximum absolute atomic E-state index is 11.4. The number of rotatable bonds is 4. The number of nitrogens with one attached hydrogen (secondary N) is 1. The number of ketones is 1. The molecule has 0 radical (unpaired) electrons. The van der Waals surface area contributed by atoms with Gasteiger partial charge in [0.25, 0.3) is 0 Å². The average Bonchev–Trinajstić information content (AvgIpc) is 1.87. The summed E-state index contributed by atoms with van der Waals surface area (Å²) in [6.45, 7) is 3.56. The minimum atomic E-state index is -0.186. The predicted octanol–water partition coefficient (Wildman–Crippen LogP) is 1.27. The first-order valence-electron chi connectivity index (χ1n) is 4.08. The van der Waals surface area contributed by atoms with Gasteiger partial charge >= 0.3 is 0 Å². The molecule has 0 aliphatic heterocycles. The fourth-order valence-corrected chi connectivity index (χ4v) is 1.53. The van der Waals surface area contributed by atoms with Crippen molar-refractivity contribution in [3.63, 3.8) is 0 Å². The molecule has 0 spiro atoms. The van der Waals surface area contributed by atoms with E-state index in [2.05, 4.69) is 11.9 Å². The molecule has 0 atom stereocenters. The van der Waals surface area contributed by atoms with E-state index in [9.17, 15) is 4.79 Å². The number of likely N-dealkylation sites (N-methyl/N-ethyl adjacent to an activating group) is 1. The predicted molar refractivity (Wildman–Crippen MR) is 45.5 cm³/mol. The number of hydrogen-bond acceptors (Lipinski definition) is 2. The summed E-state index contributed by atoms with van der Waals surface area (Å²) in [5, 5.41) is 3.10. The van der Waals surface area contributed by atoms with Gasteiger partial charge in [-0.15, -0.1) is 6.58 Å². The Balaban J connectivity index is 2.54. The lowest BCUT2D eigenvalue weighted by Gasteiger charge is -2.39. The maximum atomic E-state index is 11.4. The molecule has 1 aliphatic rings. The van der Waals surface area contributed by atoms with Gasteiger partial charge in [-0.1, -0.05) is 6.08 Å². The quantitative estimate of drug-likeness (QED) is 0.616. The highest BCUT2D eigenvalue weighted by Crippen LogP contribution is 2.33. The minimum absolute atomic E-state index is 0.186. The van der Waals surface area contributed by atoms with E-state index >= 15 is 0 Å². The second-order valence-electron chi connectivity index (χ2n) is 3.10. The van der Waals surface area contributed by atoms with E-state index in [-0.39, 0.29) is 5.54 Å². The van der Waals surface area contributed by atoms with Crippen molar-refractivity contribution in [2.45, 2.75) is 31.2 Å². The molecule has 1 fully saturated rings. The summed E-state index contributed by atoms with van der Waals surface area (Å²) in [6, 6.07) is 0. The standard InChI is InChI=1S/C9H15NO/c1-3-5-8(11)9(10-2)6-4-7-9/h3,10H,1,4-7H2,2H3. The second kappa shape index (κ2) is 3.18. The molecule has 0 aromatic heterocycles. The van der Waals surface area contributed by atoms with Crippen LogP contribution in [-0.2, 0) is 4.79 Å². The summed E-state index contributed by atoms with van der Waals surface area (Å²) >= 11 is 0. The fraction of sp³-hybridized carbons (Fsp3) is 0.667. The van der Waals surface area contributed by atoms with Crippen molar-refractivity contribution >= 4 is 5.78 Å². The van der Waals surface area contributed by atoms with E-state index < -0.39 is 0 Å². The second-order valence-corrected chi connectivity index (χ2v) is 3.10. The summed E-state index contributed by atoms with van der Waals surface area (Å²) < 4.78 is 0. The lowest BCUT2D eigenvalue weighted by Crippen LogP contribution is -2.55. The van der Waals surface area contributed by atoms with E-state index in [0.717, 1.165) is 12.8 Å². The van der Waals surface area contributed by atoms with Crippen LogP contribution >= 0.6 is 0 Å². The van der Waals surface area contributed by atoms with E-state index in [1.807, 2.05) is 7.05 Å². The van der Waals surface area contributed by atoms with E-state index in [0.29, 0.717) is 12.2 Å². The largest absolute Gasteiger partial charge is 0.308 e. The van der Waals surface area contributed by atoms with Gasteiger partial charge in [0.1, 0.15) is 0 Å². The Bertz CT molecular complexity index is 165. The van der Waals surface area contributed by atoms with Gasteiger partial charge in [0, 0.05) is 6.42 Å². The molecule has 1 aliphatic carbocycles. The summed E-state index contributed by atoms with van der Waals surface area (Å²) in [5.41, 5.74) is -0.186. The molecule has 0 saturated heterocycles. The fourth-order valence-electron chi connectivity index (χ4n) is 1.53. The Hall–Kier alpha value is -0.630. The number of allylic oxidation sites excluding steroid dienone is 1. The first-order chi connectivity index (χ1) is 5.25. The van der Waals surface area contributed by atoms with Crippen molar-refractivity contribution in [3.8, 4) is 0 Å². The van der Waals surface area contributed by atoms with E-state index in [4.69, 9.17) is 0 Å². The van der Waals surface area contributed by atoms with Gasteiger partial charge < -0.3 is 5.32 Å². The molecule has 2 heteroatoms. The monoisotopic (exact) mass is 153 g/mol. The molecule has 1 N–H and O–H groups in total. The number of carbonyl (C=O) groups excluding carboxylic acids is 1. The molecule has 0 bridgehead atoms. The molecular weight excluding hydrogens is 138 g/mol.